The van der Waals surface area contributed by atoms with E-state index in [2.05, 4.69) is 10.4 Å². The number of alkyl halides is 3. The highest BCUT2D eigenvalue weighted by molar-refractivity contribution is 5.81. The maximum absolute atomic E-state index is 12.0. The van der Waals surface area contributed by atoms with Gasteiger partial charge in [0.2, 0.25) is 0 Å². The van der Waals surface area contributed by atoms with E-state index in [1.807, 2.05) is 24.3 Å². The Balaban J connectivity index is 2.14. The van der Waals surface area contributed by atoms with E-state index in [1.165, 1.54) is 0 Å². The minimum absolute atomic E-state index is 0.112. The third-order valence-electron chi connectivity index (χ3n) is 2.45. The molecular formula is C11H12F3N3. The van der Waals surface area contributed by atoms with Crippen molar-refractivity contribution in [1.82, 2.24) is 15.1 Å². The Bertz CT molecular complexity index is 516. The van der Waals surface area contributed by atoms with Crippen LogP contribution < -0.4 is 5.32 Å². The van der Waals surface area contributed by atoms with E-state index < -0.39 is 12.7 Å². The number of benzene rings is 1. The Kier molecular flexibility index (Phi) is 3.06. The molecule has 1 N–H and O–H groups in total. The monoisotopic (exact) mass is 243 g/mol. The first-order valence-electron chi connectivity index (χ1n) is 5.15. The molecule has 1 aromatic carbocycles. The van der Waals surface area contributed by atoms with Crippen molar-refractivity contribution >= 4 is 10.9 Å². The van der Waals surface area contributed by atoms with E-state index in [0.29, 0.717) is 5.69 Å². The van der Waals surface area contributed by atoms with Crippen LogP contribution in [0.3, 0.4) is 0 Å². The van der Waals surface area contributed by atoms with Crippen molar-refractivity contribution < 1.29 is 13.2 Å². The van der Waals surface area contributed by atoms with E-state index in [9.17, 15) is 13.2 Å². The lowest BCUT2D eigenvalue weighted by Gasteiger charge is -2.06. The van der Waals surface area contributed by atoms with Crippen LogP contribution in [0, 0.1) is 0 Å². The Labute approximate surface area is 96.2 Å². The van der Waals surface area contributed by atoms with E-state index >= 15 is 0 Å². The van der Waals surface area contributed by atoms with Gasteiger partial charge in [0, 0.05) is 19.0 Å². The molecule has 0 bridgehead atoms. The molecule has 2 aromatic rings. The number of hydrogen-bond acceptors (Lipinski definition) is 2. The van der Waals surface area contributed by atoms with Gasteiger partial charge in [0.25, 0.3) is 0 Å². The van der Waals surface area contributed by atoms with Crippen LogP contribution in [-0.4, -0.2) is 22.5 Å². The maximum atomic E-state index is 12.0. The molecule has 1 aromatic heterocycles. The quantitative estimate of drug-likeness (QED) is 0.895. The first kappa shape index (κ1) is 11.9. The van der Waals surface area contributed by atoms with Gasteiger partial charge in [-0.3, -0.25) is 4.68 Å². The summed E-state index contributed by atoms with van der Waals surface area (Å²) in [5, 5.41) is 7.42. The Morgan fingerprint density at radius 1 is 1.29 bits per heavy atom. The summed E-state index contributed by atoms with van der Waals surface area (Å²) in [5.74, 6) is 0. The van der Waals surface area contributed by atoms with Crippen molar-refractivity contribution in [3.8, 4) is 0 Å². The summed E-state index contributed by atoms with van der Waals surface area (Å²) in [6.07, 6.45) is -4.19. The predicted octanol–water partition coefficient (Wildman–Crippen LogP) is 2.23. The Hall–Kier alpha value is -1.56. The molecule has 0 fully saturated rings. The molecule has 0 saturated carbocycles. The molecule has 0 radical (unpaired) electrons. The third kappa shape index (κ3) is 2.76. The van der Waals surface area contributed by atoms with Gasteiger partial charge in [-0.1, -0.05) is 18.2 Å². The number of hydrogen-bond donors (Lipinski definition) is 1. The second-order valence-corrected chi connectivity index (χ2v) is 3.81. The van der Waals surface area contributed by atoms with Gasteiger partial charge in [-0.05, 0) is 6.07 Å². The van der Waals surface area contributed by atoms with Crippen molar-refractivity contribution in [3.63, 3.8) is 0 Å². The summed E-state index contributed by atoms with van der Waals surface area (Å²) >= 11 is 0. The van der Waals surface area contributed by atoms with Crippen molar-refractivity contribution in [2.45, 2.75) is 12.7 Å². The molecule has 0 aliphatic heterocycles. The summed E-state index contributed by atoms with van der Waals surface area (Å²) in [5.41, 5.74) is 1.55. The van der Waals surface area contributed by atoms with Crippen LogP contribution in [0.15, 0.2) is 24.3 Å². The van der Waals surface area contributed by atoms with Gasteiger partial charge >= 0.3 is 6.18 Å². The molecule has 1 heterocycles. The predicted molar refractivity (Wildman–Crippen MR) is 58.5 cm³/mol. The molecule has 92 valence electrons. The number of nitrogens with one attached hydrogen (secondary N) is 1. The molecule has 0 aliphatic carbocycles. The van der Waals surface area contributed by atoms with Crippen molar-refractivity contribution in [3.05, 3.63) is 30.0 Å². The van der Waals surface area contributed by atoms with Gasteiger partial charge in [0.15, 0.2) is 0 Å². The van der Waals surface area contributed by atoms with Crippen molar-refractivity contribution in [2.75, 3.05) is 6.54 Å². The molecule has 0 unspecified atom stereocenters. The number of aromatic nitrogens is 2. The zero-order valence-electron chi connectivity index (χ0n) is 9.25. The highest BCUT2D eigenvalue weighted by Gasteiger charge is 2.26. The number of fused-ring (bicyclic) bond motifs is 1. The molecule has 3 nitrogen and oxygen atoms in total. The summed E-state index contributed by atoms with van der Waals surface area (Å²) in [6, 6.07) is 7.46. The number of nitrogens with zero attached hydrogens (tertiary/aromatic N) is 2. The van der Waals surface area contributed by atoms with Crippen LogP contribution in [-0.2, 0) is 13.6 Å². The molecule has 0 amide bonds. The van der Waals surface area contributed by atoms with Crippen LogP contribution >= 0.6 is 0 Å². The van der Waals surface area contributed by atoms with Crippen LogP contribution in [0.5, 0.6) is 0 Å². The lowest BCUT2D eigenvalue weighted by atomic mass is 10.2. The zero-order valence-corrected chi connectivity index (χ0v) is 9.25. The minimum atomic E-state index is -4.19. The number of aryl methyl sites for hydroxylation is 1. The van der Waals surface area contributed by atoms with Gasteiger partial charge in [0.05, 0.1) is 17.8 Å². The maximum Gasteiger partial charge on any atom is 0.401 e. The van der Waals surface area contributed by atoms with Gasteiger partial charge < -0.3 is 5.32 Å². The van der Waals surface area contributed by atoms with E-state index in [4.69, 9.17) is 0 Å². The molecule has 0 atom stereocenters. The lowest BCUT2D eigenvalue weighted by molar-refractivity contribution is -0.125. The Morgan fingerprint density at radius 3 is 2.71 bits per heavy atom. The number of halogens is 3. The number of rotatable bonds is 3. The van der Waals surface area contributed by atoms with Gasteiger partial charge in [-0.2, -0.15) is 18.3 Å². The highest BCUT2D eigenvalue weighted by atomic mass is 19.4. The van der Waals surface area contributed by atoms with Crippen molar-refractivity contribution in [1.29, 1.82) is 0 Å². The first-order chi connectivity index (χ1) is 7.97. The lowest BCUT2D eigenvalue weighted by Crippen LogP contribution is -2.28. The second kappa shape index (κ2) is 4.37. The van der Waals surface area contributed by atoms with E-state index in [0.717, 1.165) is 10.9 Å². The van der Waals surface area contributed by atoms with Gasteiger partial charge in [0.1, 0.15) is 0 Å². The summed E-state index contributed by atoms with van der Waals surface area (Å²) in [6.45, 7) is -0.890. The van der Waals surface area contributed by atoms with Crippen LogP contribution in [0.1, 0.15) is 5.69 Å². The average molecular weight is 243 g/mol. The molecule has 17 heavy (non-hydrogen) atoms. The zero-order chi connectivity index (χ0) is 12.5. The van der Waals surface area contributed by atoms with Gasteiger partial charge in [-0.25, -0.2) is 0 Å². The fourth-order valence-electron chi connectivity index (χ4n) is 1.74. The molecule has 0 aliphatic rings. The summed E-state index contributed by atoms with van der Waals surface area (Å²) < 4.78 is 37.6. The van der Waals surface area contributed by atoms with Crippen LogP contribution in [0.25, 0.3) is 10.9 Å². The van der Waals surface area contributed by atoms with Crippen molar-refractivity contribution in [2.24, 2.45) is 7.05 Å². The fraction of sp³-hybridized carbons (Fsp3) is 0.364. The molecule has 0 saturated heterocycles. The largest absolute Gasteiger partial charge is 0.401 e. The number of para-hydroxylation sites is 1. The van der Waals surface area contributed by atoms with Gasteiger partial charge in [-0.15, -0.1) is 0 Å². The van der Waals surface area contributed by atoms with E-state index in [1.54, 1.807) is 11.7 Å². The normalized spacial score (nSPS) is 12.2. The smallest absolute Gasteiger partial charge is 0.303 e. The van der Waals surface area contributed by atoms with E-state index in [-0.39, 0.29) is 6.54 Å². The molecule has 6 heteroatoms. The third-order valence-corrected chi connectivity index (χ3v) is 2.45. The summed E-state index contributed by atoms with van der Waals surface area (Å²) in [4.78, 5) is 0. The average Bonchev–Trinajstić information content (AvgIpc) is 2.55. The second-order valence-electron chi connectivity index (χ2n) is 3.81. The summed E-state index contributed by atoms with van der Waals surface area (Å²) in [7, 11) is 1.77. The SMILES string of the molecule is Cn1nc(CNCC(F)(F)F)c2ccccc21. The minimum Gasteiger partial charge on any atom is -0.303 e. The molecule has 2 rings (SSSR count). The highest BCUT2D eigenvalue weighted by Crippen LogP contribution is 2.18. The first-order valence-corrected chi connectivity index (χ1v) is 5.15. The molecular weight excluding hydrogens is 231 g/mol. The van der Waals surface area contributed by atoms with Crippen LogP contribution in [0.2, 0.25) is 0 Å². The van der Waals surface area contributed by atoms with Crippen LogP contribution in [0.4, 0.5) is 13.2 Å². The Morgan fingerprint density at radius 2 is 2.00 bits per heavy atom. The standard InChI is InChI=1S/C11H12F3N3/c1-17-10-5-3-2-4-8(10)9(16-17)6-15-7-11(12,13)14/h2-5,15H,6-7H2,1H3. The molecule has 0 spiro atoms. The topological polar surface area (TPSA) is 29.9 Å². The fourth-order valence-corrected chi connectivity index (χ4v) is 1.74.